The molecule has 7 nitrogen and oxygen atoms in total. The molecule has 0 aliphatic carbocycles. The molecule has 3 N–H and O–H groups in total. The number of anilines is 1. The summed E-state index contributed by atoms with van der Waals surface area (Å²) >= 11 is 0. The average Bonchev–Trinajstić information content (AvgIpc) is 2.35. The van der Waals surface area contributed by atoms with Crippen LogP contribution in [-0.4, -0.2) is 19.4 Å². The molecule has 0 heterocycles. The summed E-state index contributed by atoms with van der Waals surface area (Å²) in [6.07, 6.45) is 1.22. The van der Waals surface area contributed by atoms with Crippen molar-refractivity contribution in [3.8, 4) is 0 Å². The minimum atomic E-state index is -3.92. The van der Waals surface area contributed by atoms with Crippen LogP contribution >= 0.6 is 0 Å². The number of hydrogen-bond donors (Lipinski definition) is 2. The second-order valence-electron chi connectivity index (χ2n) is 4.12. The van der Waals surface area contributed by atoms with Crippen molar-refractivity contribution in [2.45, 2.75) is 37.6 Å². The zero-order valence-electron chi connectivity index (χ0n) is 10.8. The molecule has 0 radical (unpaired) electrons. The fourth-order valence-corrected chi connectivity index (χ4v) is 3.20. The van der Waals surface area contributed by atoms with E-state index in [1.54, 1.807) is 0 Å². The summed E-state index contributed by atoms with van der Waals surface area (Å²) in [7, 11) is -3.92. The SMILES string of the molecule is CCC(CC)NS(=O)(=O)c1ccc(N)cc1[N+](=O)[O-]. The first-order chi connectivity index (χ1) is 8.81. The highest BCUT2D eigenvalue weighted by Crippen LogP contribution is 2.26. The van der Waals surface area contributed by atoms with Crippen LogP contribution < -0.4 is 10.5 Å². The molecular formula is C11H17N3O4S. The molecule has 1 aromatic rings. The Morgan fingerprint density at radius 2 is 1.95 bits per heavy atom. The van der Waals surface area contributed by atoms with Gasteiger partial charge in [-0.05, 0) is 25.0 Å². The van der Waals surface area contributed by atoms with Crippen LogP contribution in [-0.2, 0) is 10.0 Å². The number of rotatable bonds is 6. The Labute approximate surface area is 112 Å². The quantitative estimate of drug-likeness (QED) is 0.469. The van der Waals surface area contributed by atoms with E-state index in [-0.39, 0.29) is 16.6 Å². The van der Waals surface area contributed by atoms with Crippen molar-refractivity contribution in [2.24, 2.45) is 0 Å². The van der Waals surface area contributed by atoms with Gasteiger partial charge in [-0.3, -0.25) is 10.1 Å². The van der Waals surface area contributed by atoms with Crippen LogP contribution in [0, 0.1) is 10.1 Å². The van der Waals surface area contributed by atoms with Crippen molar-refractivity contribution in [2.75, 3.05) is 5.73 Å². The van der Waals surface area contributed by atoms with Gasteiger partial charge in [0.25, 0.3) is 5.69 Å². The normalized spacial score (nSPS) is 11.7. The van der Waals surface area contributed by atoms with Gasteiger partial charge in [0.05, 0.1) is 4.92 Å². The highest BCUT2D eigenvalue weighted by atomic mass is 32.2. The van der Waals surface area contributed by atoms with Gasteiger partial charge in [0.1, 0.15) is 0 Å². The van der Waals surface area contributed by atoms with Crippen molar-refractivity contribution in [1.29, 1.82) is 0 Å². The van der Waals surface area contributed by atoms with Gasteiger partial charge in [-0.2, -0.15) is 0 Å². The number of hydrogen-bond acceptors (Lipinski definition) is 5. The van der Waals surface area contributed by atoms with Crippen LogP contribution in [0.3, 0.4) is 0 Å². The molecule has 1 rings (SSSR count). The monoisotopic (exact) mass is 287 g/mol. The fourth-order valence-electron chi connectivity index (χ4n) is 1.64. The topological polar surface area (TPSA) is 115 Å². The Morgan fingerprint density at radius 3 is 2.42 bits per heavy atom. The highest BCUT2D eigenvalue weighted by Gasteiger charge is 2.27. The maximum absolute atomic E-state index is 12.1. The predicted octanol–water partition coefficient (Wildman–Crippen LogP) is 1.64. The van der Waals surface area contributed by atoms with Gasteiger partial charge >= 0.3 is 0 Å². The Bertz CT molecular complexity index is 567. The van der Waals surface area contributed by atoms with Crippen LogP contribution in [0.5, 0.6) is 0 Å². The summed E-state index contributed by atoms with van der Waals surface area (Å²) in [5.41, 5.74) is 5.07. The minimum Gasteiger partial charge on any atom is -0.399 e. The van der Waals surface area contributed by atoms with Gasteiger partial charge in [0.15, 0.2) is 4.90 Å². The molecule has 0 fully saturated rings. The third kappa shape index (κ3) is 3.65. The molecule has 1 aromatic carbocycles. The first-order valence-corrected chi connectivity index (χ1v) is 7.36. The number of nitrogens with zero attached hydrogens (tertiary/aromatic N) is 1. The Morgan fingerprint density at radius 1 is 1.37 bits per heavy atom. The number of nitro groups is 1. The molecule has 0 unspecified atom stereocenters. The summed E-state index contributed by atoms with van der Waals surface area (Å²) in [5, 5.41) is 10.9. The van der Waals surface area contributed by atoms with E-state index in [0.717, 1.165) is 12.1 Å². The van der Waals surface area contributed by atoms with E-state index in [1.807, 2.05) is 13.8 Å². The average molecular weight is 287 g/mol. The second kappa shape index (κ2) is 5.98. The van der Waals surface area contributed by atoms with E-state index in [4.69, 9.17) is 5.73 Å². The first-order valence-electron chi connectivity index (χ1n) is 5.88. The van der Waals surface area contributed by atoms with Crippen molar-refractivity contribution in [3.05, 3.63) is 28.3 Å². The third-order valence-corrected chi connectivity index (χ3v) is 4.34. The van der Waals surface area contributed by atoms with E-state index in [1.165, 1.54) is 6.07 Å². The van der Waals surface area contributed by atoms with Gasteiger partial charge in [0.2, 0.25) is 10.0 Å². The molecule has 19 heavy (non-hydrogen) atoms. The number of nitrogen functional groups attached to an aromatic ring is 1. The third-order valence-electron chi connectivity index (χ3n) is 2.78. The molecule has 8 heteroatoms. The molecular weight excluding hydrogens is 270 g/mol. The Balaban J connectivity index is 3.25. The molecule has 0 aliphatic heterocycles. The predicted molar refractivity (Wildman–Crippen MR) is 72.2 cm³/mol. The molecule has 0 saturated carbocycles. The summed E-state index contributed by atoms with van der Waals surface area (Å²) in [5.74, 6) is 0. The minimum absolute atomic E-state index is 0.146. The van der Waals surface area contributed by atoms with E-state index in [0.29, 0.717) is 12.8 Å². The number of nitrogens with two attached hydrogens (primary N) is 1. The summed E-state index contributed by atoms with van der Waals surface area (Å²) in [4.78, 5) is 9.79. The van der Waals surface area contributed by atoms with Crippen LogP contribution in [0.2, 0.25) is 0 Å². The van der Waals surface area contributed by atoms with Gasteiger partial charge in [-0.1, -0.05) is 13.8 Å². The highest BCUT2D eigenvalue weighted by molar-refractivity contribution is 7.89. The van der Waals surface area contributed by atoms with E-state index in [2.05, 4.69) is 4.72 Å². The lowest BCUT2D eigenvalue weighted by molar-refractivity contribution is -0.387. The summed E-state index contributed by atoms with van der Waals surface area (Å²) in [6, 6.07) is 3.27. The van der Waals surface area contributed by atoms with Crippen LogP contribution in [0.25, 0.3) is 0 Å². The standard InChI is InChI=1S/C11H17N3O4S/c1-3-9(4-2)13-19(17,18)11-6-5-8(12)7-10(11)14(15)16/h5-7,9,13H,3-4,12H2,1-2H3. The molecule has 0 aromatic heterocycles. The number of benzene rings is 1. The van der Waals surface area contributed by atoms with Gasteiger partial charge < -0.3 is 5.73 Å². The van der Waals surface area contributed by atoms with E-state index < -0.39 is 20.6 Å². The molecule has 0 spiro atoms. The number of sulfonamides is 1. The number of nitrogens with one attached hydrogen (secondary N) is 1. The fraction of sp³-hybridized carbons (Fsp3) is 0.455. The van der Waals surface area contributed by atoms with Gasteiger partial charge in [0, 0.05) is 17.8 Å². The van der Waals surface area contributed by atoms with Gasteiger partial charge in [-0.25, -0.2) is 13.1 Å². The lowest BCUT2D eigenvalue weighted by Crippen LogP contribution is -2.34. The molecule has 0 bridgehead atoms. The summed E-state index contributed by atoms with van der Waals surface area (Å²) in [6.45, 7) is 3.68. The Hall–Kier alpha value is -1.67. The molecule has 0 aliphatic rings. The first kappa shape index (κ1) is 15.4. The zero-order valence-corrected chi connectivity index (χ0v) is 11.6. The zero-order chi connectivity index (χ0) is 14.6. The maximum atomic E-state index is 12.1. The van der Waals surface area contributed by atoms with Crippen molar-refractivity contribution in [3.63, 3.8) is 0 Å². The van der Waals surface area contributed by atoms with Crippen molar-refractivity contribution in [1.82, 2.24) is 4.72 Å². The molecule has 106 valence electrons. The van der Waals surface area contributed by atoms with Gasteiger partial charge in [-0.15, -0.1) is 0 Å². The Kier molecular flexibility index (Phi) is 4.84. The maximum Gasteiger partial charge on any atom is 0.291 e. The van der Waals surface area contributed by atoms with Crippen molar-refractivity contribution >= 4 is 21.4 Å². The molecule has 0 atom stereocenters. The summed E-state index contributed by atoms with van der Waals surface area (Å²) < 4.78 is 26.7. The molecule has 0 saturated heterocycles. The lowest BCUT2D eigenvalue weighted by atomic mass is 10.2. The smallest absolute Gasteiger partial charge is 0.291 e. The van der Waals surface area contributed by atoms with Crippen molar-refractivity contribution < 1.29 is 13.3 Å². The van der Waals surface area contributed by atoms with Crippen LogP contribution in [0.1, 0.15) is 26.7 Å². The van der Waals surface area contributed by atoms with E-state index >= 15 is 0 Å². The second-order valence-corrected chi connectivity index (χ2v) is 5.80. The van der Waals surface area contributed by atoms with Crippen LogP contribution in [0.15, 0.2) is 23.1 Å². The molecule has 0 amide bonds. The largest absolute Gasteiger partial charge is 0.399 e. The van der Waals surface area contributed by atoms with Crippen LogP contribution in [0.4, 0.5) is 11.4 Å². The number of nitro benzene ring substituents is 1. The van der Waals surface area contributed by atoms with E-state index in [9.17, 15) is 18.5 Å². The lowest BCUT2D eigenvalue weighted by Gasteiger charge is -2.15.